The molecule has 2 rings (SSSR count). The average Bonchev–Trinajstić information content (AvgIpc) is 2.48. The quantitative estimate of drug-likeness (QED) is 0.841. The van der Waals surface area contributed by atoms with E-state index >= 15 is 0 Å². The Morgan fingerprint density at radius 3 is 2.05 bits per heavy atom. The smallest absolute Gasteiger partial charge is 0.161 e. The van der Waals surface area contributed by atoms with Gasteiger partial charge < -0.3 is 15.2 Å². The lowest BCUT2D eigenvalue weighted by atomic mass is 10.1. The molecule has 0 aliphatic heterocycles. The standard InChI is InChI=1S/C17H21NO2/c1-2-19-16-5-3-4-6-17(16)20-13-15-9-7-14(8-10-15)11-12-18/h3-10H,2,11-13,18H2,1H3. The van der Waals surface area contributed by atoms with Crippen LogP contribution in [0.2, 0.25) is 0 Å². The van der Waals surface area contributed by atoms with Gasteiger partial charge in [0.25, 0.3) is 0 Å². The summed E-state index contributed by atoms with van der Waals surface area (Å²) < 4.78 is 11.4. The van der Waals surface area contributed by atoms with Crippen LogP contribution in [0, 0.1) is 0 Å². The Hall–Kier alpha value is -2.00. The van der Waals surface area contributed by atoms with Crippen LogP contribution in [0.4, 0.5) is 0 Å². The molecule has 106 valence electrons. The SMILES string of the molecule is CCOc1ccccc1OCc1ccc(CCN)cc1. The van der Waals surface area contributed by atoms with Crippen LogP contribution in [0.5, 0.6) is 11.5 Å². The predicted octanol–water partition coefficient (Wildman–Crippen LogP) is 3.17. The van der Waals surface area contributed by atoms with E-state index in [9.17, 15) is 0 Å². The highest BCUT2D eigenvalue weighted by Gasteiger charge is 2.03. The van der Waals surface area contributed by atoms with E-state index in [4.69, 9.17) is 15.2 Å². The van der Waals surface area contributed by atoms with Gasteiger partial charge in [0, 0.05) is 0 Å². The van der Waals surface area contributed by atoms with E-state index in [0.717, 1.165) is 23.5 Å². The lowest BCUT2D eigenvalue weighted by Gasteiger charge is -2.11. The van der Waals surface area contributed by atoms with E-state index in [-0.39, 0.29) is 0 Å². The Bertz CT molecular complexity index is 523. The molecule has 0 unspecified atom stereocenters. The number of rotatable bonds is 7. The molecule has 0 saturated carbocycles. The van der Waals surface area contributed by atoms with Gasteiger partial charge in [-0.3, -0.25) is 0 Å². The predicted molar refractivity (Wildman–Crippen MR) is 81.1 cm³/mol. The van der Waals surface area contributed by atoms with Gasteiger partial charge in [-0.25, -0.2) is 0 Å². The van der Waals surface area contributed by atoms with Crippen molar-refractivity contribution in [2.24, 2.45) is 5.73 Å². The van der Waals surface area contributed by atoms with Crippen LogP contribution < -0.4 is 15.2 Å². The molecule has 0 heterocycles. The number of hydrogen-bond acceptors (Lipinski definition) is 3. The third kappa shape index (κ3) is 4.00. The summed E-state index contributed by atoms with van der Waals surface area (Å²) in [7, 11) is 0. The second-order valence-electron chi connectivity index (χ2n) is 4.52. The van der Waals surface area contributed by atoms with Crippen LogP contribution in [0.1, 0.15) is 18.1 Å². The van der Waals surface area contributed by atoms with Gasteiger partial charge in [0.05, 0.1) is 6.61 Å². The fourth-order valence-electron chi connectivity index (χ4n) is 1.97. The fraction of sp³-hybridized carbons (Fsp3) is 0.294. The third-order valence-corrected chi connectivity index (χ3v) is 3.00. The molecule has 0 aliphatic rings. The van der Waals surface area contributed by atoms with E-state index in [0.29, 0.717) is 19.8 Å². The lowest BCUT2D eigenvalue weighted by molar-refractivity contribution is 0.269. The van der Waals surface area contributed by atoms with Crippen molar-refractivity contribution in [3.63, 3.8) is 0 Å². The van der Waals surface area contributed by atoms with Crippen LogP contribution in [-0.4, -0.2) is 13.2 Å². The highest BCUT2D eigenvalue weighted by atomic mass is 16.5. The van der Waals surface area contributed by atoms with Crippen LogP contribution in [0.15, 0.2) is 48.5 Å². The zero-order chi connectivity index (χ0) is 14.2. The van der Waals surface area contributed by atoms with Crippen LogP contribution in [-0.2, 0) is 13.0 Å². The molecular formula is C17H21NO2. The number of nitrogens with two attached hydrogens (primary N) is 1. The summed E-state index contributed by atoms with van der Waals surface area (Å²) in [4.78, 5) is 0. The minimum Gasteiger partial charge on any atom is -0.490 e. The van der Waals surface area contributed by atoms with E-state index in [2.05, 4.69) is 24.3 Å². The maximum absolute atomic E-state index is 5.83. The average molecular weight is 271 g/mol. The Balaban J connectivity index is 1.97. The summed E-state index contributed by atoms with van der Waals surface area (Å²) in [6, 6.07) is 16.1. The number of para-hydroxylation sites is 2. The third-order valence-electron chi connectivity index (χ3n) is 3.00. The molecule has 0 bridgehead atoms. The summed E-state index contributed by atoms with van der Waals surface area (Å²) in [5.41, 5.74) is 7.93. The van der Waals surface area contributed by atoms with Crippen molar-refractivity contribution < 1.29 is 9.47 Å². The molecular weight excluding hydrogens is 250 g/mol. The summed E-state index contributed by atoms with van der Waals surface area (Å²) in [6.45, 7) is 3.81. The molecule has 0 radical (unpaired) electrons. The molecule has 0 saturated heterocycles. The Kier molecular flexibility index (Phi) is 5.44. The minimum atomic E-state index is 0.535. The van der Waals surface area contributed by atoms with E-state index in [1.54, 1.807) is 0 Å². The van der Waals surface area contributed by atoms with Crippen molar-refractivity contribution in [1.29, 1.82) is 0 Å². The van der Waals surface area contributed by atoms with Gasteiger partial charge in [0.2, 0.25) is 0 Å². The van der Waals surface area contributed by atoms with Crippen LogP contribution in [0.25, 0.3) is 0 Å². The van der Waals surface area contributed by atoms with Crippen molar-refractivity contribution in [2.75, 3.05) is 13.2 Å². The van der Waals surface area contributed by atoms with Crippen LogP contribution in [0.3, 0.4) is 0 Å². The van der Waals surface area contributed by atoms with Crippen molar-refractivity contribution in [3.8, 4) is 11.5 Å². The summed E-state index contributed by atoms with van der Waals surface area (Å²) in [5, 5.41) is 0. The highest BCUT2D eigenvalue weighted by molar-refractivity contribution is 5.39. The Morgan fingerprint density at radius 2 is 1.45 bits per heavy atom. The highest BCUT2D eigenvalue weighted by Crippen LogP contribution is 2.27. The Morgan fingerprint density at radius 1 is 0.850 bits per heavy atom. The largest absolute Gasteiger partial charge is 0.490 e. The summed E-state index contributed by atoms with van der Waals surface area (Å²) >= 11 is 0. The second kappa shape index (κ2) is 7.56. The number of benzene rings is 2. The first-order valence-corrected chi connectivity index (χ1v) is 6.96. The monoisotopic (exact) mass is 271 g/mol. The first-order chi connectivity index (χ1) is 9.83. The zero-order valence-corrected chi connectivity index (χ0v) is 11.8. The minimum absolute atomic E-state index is 0.535. The molecule has 0 spiro atoms. The van der Waals surface area contributed by atoms with Gasteiger partial charge >= 0.3 is 0 Å². The van der Waals surface area contributed by atoms with Gasteiger partial charge in [0.1, 0.15) is 6.61 Å². The Labute approximate surface area is 120 Å². The number of hydrogen-bond donors (Lipinski definition) is 1. The topological polar surface area (TPSA) is 44.5 Å². The second-order valence-corrected chi connectivity index (χ2v) is 4.52. The zero-order valence-electron chi connectivity index (χ0n) is 11.8. The maximum Gasteiger partial charge on any atom is 0.161 e. The number of ether oxygens (including phenoxy) is 2. The summed E-state index contributed by atoms with van der Waals surface area (Å²) in [5.74, 6) is 1.56. The van der Waals surface area contributed by atoms with E-state index in [1.165, 1.54) is 5.56 Å². The molecule has 20 heavy (non-hydrogen) atoms. The molecule has 0 aliphatic carbocycles. The van der Waals surface area contributed by atoms with Gasteiger partial charge in [-0.15, -0.1) is 0 Å². The molecule has 0 fully saturated rings. The molecule has 2 aromatic rings. The maximum atomic E-state index is 5.83. The van der Waals surface area contributed by atoms with Crippen molar-refractivity contribution in [2.45, 2.75) is 20.0 Å². The lowest BCUT2D eigenvalue weighted by Crippen LogP contribution is -2.03. The van der Waals surface area contributed by atoms with Gasteiger partial charge in [0.15, 0.2) is 11.5 Å². The van der Waals surface area contributed by atoms with Gasteiger partial charge in [-0.1, -0.05) is 36.4 Å². The molecule has 0 amide bonds. The normalized spacial score (nSPS) is 10.3. The van der Waals surface area contributed by atoms with Crippen molar-refractivity contribution in [3.05, 3.63) is 59.7 Å². The first kappa shape index (κ1) is 14.4. The molecule has 3 nitrogen and oxygen atoms in total. The van der Waals surface area contributed by atoms with Crippen molar-refractivity contribution in [1.82, 2.24) is 0 Å². The van der Waals surface area contributed by atoms with Gasteiger partial charge in [-0.05, 0) is 43.1 Å². The fourth-order valence-corrected chi connectivity index (χ4v) is 1.97. The molecule has 2 N–H and O–H groups in total. The van der Waals surface area contributed by atoms with E-state index in [1.807, 2.05) is 31.2 Å². The van der Waals surface area contributed by atoms with E-state index < -0.39 is 0 Å². The van der Waals surface area contributed by atoms with Gasteiger partial charge in [-0.2, -0.15) is 0 Å². The van der Waals surface area contributed by atoms with Crippen molar-refractivity contribution >= 4 is 0 Å². The molecule has 2 aromatic carbocycles. The first-order valence-electron chi connectivity index (χ1n) is 6.96. The summed E-state index contributed by atoms with van der Waals surface area (Å²) in [6.07, 6.45) is 0.911. The molecule has 0 atom stereocenters. The molecule has 0 aromatic heterocycles. The van der Waals surface area contributed by atoms with Crippen LogP contribution >= 0.6 is 0 Å². The molecule has 3 heteroatoms.